The van der Waals surface area contributed by atoms with Gasteiger partial charge in [0.2, 0.25) is 0 Å². The molecule has 2 aromatic carbocycles. The summed E-state index contributed by atoms with van der Waals surface area (Å²) in [6.07, 6.45) is 0. The minimum Gasteiger partial charge on any atom is -0.494 e. The van der Waals surface area contributed by atoms with Crippen molar-refractivity contribution in [3.63, 3.8) is 0 Å². The Balaban J connectivity index is 1.72. The number of furan rings is 1. The molecule has 1 aromatic heterocycles. The van der Waals surface area contributed by atoms with Crippen molar-refractivity contribution in [2.45, 2.75) is 40.4 Å². The number of hydrogen-bond donors (Lipinski definition) is 1. The highest BCUT2D eigenvalue weighted by atomic mass is 19.1. The van der Waals surface area contributed by atoms with Crippen LogP contribution in [0.5, 0.6) is 5.75 Å². The maximum Gasteiger partial charge on any atom is 0.287 e. The first kappa shape index (κ1) is 23.5. The SMILES string of the molecule is CCOc1ccc(CN(Cc2cccc(F)c2)Cc2ccc(C(=O)NCC(C)C)o2)cc1. The van der Waals surface area contributed by atoms with E-state index in [1.54, 1.807) is 12.1 Å². The lowest BCUT2D eigenvalue weighted by atomic mass is 10.1. The number of amides is 1. The van der Waals surface area contributed by atoms with Crippen molar-refractivity contribution < 1.29 is 18.3 Å². The minimum atomic E-state index is -0.259. The van der Waals surface area contributed by atoms with Gasteiger partial charge in [-0.2, -0.15) is 0 Å². The Labute approximate surface area is 189 Å². The second-order valence-corrected chi connectivity index (χ2v) is 8.22. The number of rotatable bonds is 11. The molecule has 3 aromatic rings. The highest BCUT2D eigenvalue weighted by Gasteiger charge is 2.15. The number of halogens is 1. The fourth-order valence-corrected chi connectivity index (χ4v) is 3.37. The largest absolute Gasteiger partial charge is 0.494 e. The number of nitrogens with zero attached hydrogens (tertiary/aromatic N) is 1. The van der Waals surface area contributed by atoms with Crippen LogP contribution in [0.2, 0.25) is 0 Å². The Hall–Kier alpha value is -3.12. The average Bonchev–Trinajstić information content (AvgIpc) is 3.22. The smallest absolute Gasteiger partial charge is 0.287 e. The molecule has 0 saturated heterocycles. The van der Waals surface area contributed by atoms with Gasteiger partial charge in [0.25, 0.3) is 5.91 Å². The second kappa shape index (κ2) is 11.5. The van der Waals surface area contributed by atoms with Crippen molar-refractivity contribution in [3.8, 4) is 5.75 Å². The van der Waals surface area contributed by atoms with Gasteiger partial charge >= 0.3 is 0 Å². The number of nitrogens with one attached hydrogen (secondary N) is 1. The van der Waals surface area contributed by atoms with E-state index in [2.05, 4.69) is 10.2 Å². The maximum atomic E-state index is 13.7. The summed E-state index contributed by atoms with van der Waals surface area (Å²) >= 11 is 0. The fourth-order valence-electron chi connectivity index (χ4n) is 3.37. The second-order valence-electron chi connectivity index (χ2n) is 8.22. The Morgan fingerprint density at radius 1 is 1.03 bits per heavy atom. The molecule has 0 unspecified atom stereocenters. The van der Waals surface area contributed by atoms with Crippen LogP contribution in [0.25, 0.3) is 0 Å². The summed E-state index contributed by atoms with van der Waals surface area (Å²) in [6.45, 7) is 8.92. The summed E-state index contributed by atoms with van der Waals surface area (Å²) in [5.41, 5.74) is 1.98. The zero-order chi connectivity index (χ0) is 22.9. The summed E-state index contributed by atoms with van der Waals surface area (Å²) in [5, 5.41) is 2.87. The lowest BCUT2D eigenvalue weighted by Gasteiger charge is -2.22. The molecule has 0 atom stereocenters. The summed E-state index contributed by atoms with van der Waals surface area (Å²) < 4.78 is 25.0. The van der Waals surface area contributed by atoms with E-state index in [9.17, 15) is 9.18 Å². The van der Waals surface area contributed by atoms with Gasteiger partial charge in [0.05, 0.1) is 13.2 Å². The first-order chi connectivity index (χ1) is 15.4. The van der Waals surface area contributed by atoms with Crippen molar-refractivity contribution in [2.24, 2.45) is 5.92 Å². The molecule has 1 heterocycles. The molecule has 170 valence electrons. The molecule has 0 spiro atoms. The van der Waals surface area contributed by atoms with Crippen LogP contribution < -0.4 is 10.1 Å². The quantitative estimate of drug-likeness (QED) is 0.435. The average molecular weight is 439 g/mol. The molecule has 0 bridgehead atoms. The topological polar surface area (TPSA) is 54.7 Å². The van der Waals surface area contributed by atoms with Gasteiger partial charge < -0.3 is 14.5 Å². The predicted octanol–water partition coefficient (Wildman–Crippen LogP) is 5.41. The van der Waals surface area contributed by atoms with Crippen LogP contribution in [0.3, 0.4) is 0 Å². The van der Waals surface area contributed by atoms with Crippen LogP contribution in [-0.2, 0) is 19.6 Å². The van der Waals surface area contributed by atoms with Crippen molar-refractivity contribution in [1.29, 1.82) is 0 Å². The fraction of sp³-hybridized carbons (Fsp3) is 0.346. The molecule has 0 saturated carbocycles. The van der Waals surface area contributed by atoms with Crippen LogP contribution in [0.1, 0.15) is 48.2 Å². The molecule has 5 nitrogen and oxygen atoms in total. The number of hydrogen-bond acceptors (Lipinski definition) is 4. The van der Waals surface area contributed by atoms with Crippen molar-refractivity contribution >= 4 is 5.91 Å². The van der Waals surface area contributed by atoms with Gasteiger partial charge in [-0.1, -0.05) is 38.1 Å². The van der Waals surface area contributed by atoms with Crippen molar-refractivity contribution in [3.05, 3.63) is 89.1 Å². The highest BCUT2D eigenvalue weighted by Crippen LogP contribution is 2.19. The molecule has 32 heavy (non-hydrogen) atoms. The van der Waals surface area contributed by atoms with Gasteiger partial charge in [-0.25, -0.2) is 4.39 Å². The van der Waals surface area contributed by atoms with Gasteiger partial charge in [-0.05, 0) is 60.4 Å². The van der Waals surface area contributed by atoms with E-state index in [0.717, 1.165) is 16.9 Å². The number of carbonyl (C=O) groups is 1. The molecule has 0 fully saturated rings. The number of carbonyl (C=O) groups excluding carboxylic acids is 1. The molecule has 1 N–H and O–H groups in total. The van der Waals surface area contributed by atoms with Gasteiger partial charge in [0.1, 0.15) is 17.3 Å². The van der Waals surface area contributed by atoms with Crippen LogP contribution in [0.4, 0.5) is 4.39 Å². The van der Waals surface area contributed by atoms with Gasteiger partial charge in [-0.15, -0.1) is 0 Å². The van der Waals surface area contributed by atoms with Crippen LogP contribution in [0.15, 0.2) is 65.1 Å². The monoisotopic (exact) mass is 438 g/mol. The first-order valence-corrected chi connectivity index (χ1v) is 11.0. The number of ether oxygens (including phenoxy) is 1. The van der Waals surface area contributed by atoms with E-state index in [1.807, 2.05) is 57.2 Å². The molecule has 1 amide bonds. The lowest BCUT2D eigenvalue weighted by molar-refractivity contribution is 0.0916. The third-order valence-corrected chi connectivity index (χ3v) is 4.87. The Morgan fingerprint density at radius 2 is 1.78 bits per heavy atom. The number of benzene rings is 2. The van der Waals surface area contributed by atoms with Crippen LogP contribution in [0, 0.1) is 11.7 Å². The lowest BCUT2D eigenvalue weighted by Crippen LogP contribution is -2.27. The van der Waals surface area contributed by atoms with E-state index in [-0.39, 0.29) is 11.7 Å². The molecule has 0 aliphatic carbocycles. The van der Waals surface area contributed by atoms with E-state index in [4.69, 9.17) is 9.15 Å². The summed E-state index contributed by atoms with van der Waals surface area (Å²) in [6, 6.07) is 18.1. The van der Waals surface area contributed by atoms with E-state index in [1.165, 1.54) is 12.1 Å². The molecule has 3 rings (SSSR count). The summed E-state index contributed by atoms with van der Waals surface area (Å²) in [5.74, 6) is 1.70. The molecular formula is C26H31FN2O3. The Kier molecular flexibility index (Phi) is 8.45. The van der Waals surface area contributed by atoms with Gasteiger partial charge in [0.15, 0.2) is 5.76 Å². The van der Waals surface area contributed by atoms with E-state index in [0.29, 0.717) is 50.2 Å². The first-order valence-electron chi connectivity index (χ1n) is 11.0. The standard InChI is InChI=1S/C26H31FN2O3/c1-4-31-23-10-8-20(9-11-23)16-29(17-21-6-5-7-22(27)14-21)18-24-12-13-25(32-24)26(30)28-15-19(2)3/h5-14,19H,4,15-18H2,1-3H3,(H,28,30). The summed E-state index contributed by atoms with van der Waals surface area (Å²) in [4.78, 5) is 14.4. The third kappa shape index (κ3) is 7.24. The van der Waals surface area contributed by atoms with E-state index >= 15 is 0 Å². The molecule has 0 aliphatic rings. The molecule has 6 heteroatoms. The molecule has 0 radical (unpaired) electrons. The molecule has 0 aliphatic heterocycles. The van der Waals surface area contributed by atoms with Gasteiger partial charge in [0, 0.05) is 19.6 Å². The summed E-state index contributed by atoms with van der Waals surface area (Å²) in [7, 11) is 0. The normalized spacial score (nSPS) is 11.2. The zero-order valence-electron chi connectivity index (χ0n) is 18.9. The minimum absolute atomic E-state index is 0.215. The maximum absolute atomic E-state index is 13.7. The van der Waals surface area contributed by atoms with E-state index < -0.39 is 0 Å². The van der Waals surface area contributed by atoms with Crippen molar-refractivity contribution in [1.82, 2.24) is 10.2 Å². The zero-order valence-corrected chi connectivity index (χ0v) is 18.9. The molecular weight excluding hydrogens is 407 g/mol. The Morgan fingerprint density at radius 3 is 2.47 bits per heavy atom. The predicted molar refractivity (Wildman–Crippen MR) is 123 cm³/mol. The van der Waals surface area contributed by atoms with Crippen molar-refractivity contribution in [2.75, 3.05) is 13.2 Å². The Bertz CT molecular complexity index is 998. The van der Waals surface area contributed by atoms with Crippen LogP contribution >= 0.6 is 0 Å². The van der Waals surface area contributed by atoms with Gasteiger partial charge in [-0.3, -0.25) is 9.69 Å². The highest BCUT2D eigenvalue weighted by molar-refractivity contribution is 5.91. The van der Waals surface area contributed by atoms with Crippen LogP contribution in [-0.4, -0.2) is 24.0 Å². The third-order valence-electron chi connectivity index (χ3n) is 4.87.